The van der Waals surface area contributed by atoms with Crippen molar-refractivity contribution in [2.45, 2.75) is 30.2 Å². The number of nitrogens with zero attached hydrogens (tertiary/aromatic N) is 5. The first-order chi connectivity index (χ1) is 11.8. The van der Waals surface area contributed by atoms with Crippen molar-refractivity contribution in [3.63, 3.8) is 0 Å². The van der Waals surface area contributed by atoms with E-state index >= 15 is 0 Å². The van der Waals surface area contributed by atoms with E-state index in [1.807, 2.05) is 0 Å². The minimum atomic E-state index is 0.226. The summed E-state index contributed by atoms with van der Waals surface area (Å²) in [6, 6.07) is 8.60. The van der Waals surface area contributed by atoms with Gasteiger partial charge < -0.3 is 5.73 Å². The summed E-state index contributed by atoms with van der Waals surface area (Å²) in [4.78, 5) is 10.9. The molecular weight excluding hydrogens is 322 g/mol. The Kier molecular flexibility index (Phi) is 4.31. The van der Waals surface area contributed by atoms with E-state index < -0.39 is 0 Å². The normalized spacial score (nSPS) is 15.3. The summed E-state index contributed by atoms with van der Waals surface area (Å²) in [7, 11) is 0. The van der Waals surface area contributed by atoms with Crippen molar-refractivity contribution in [3.8, 4) is 0 Å². The van der Waals surface area contributed by atoms with Gasteiger partial charge in [-0.1, -0.05) is 36.0 Å². The summed E-state index contributed by atoms with van der Waals surface area (Å²) in [6.07, 6.45) is 2.61. The third-order valence-electron chi connectivity index (χ3n) is 4.24. The van der Waals surface area contributed by atoms with Gasteiger partial charge in [-0.2, -0.15) is 15.3 Å². The minimum absolute atomic E-state index is 0.226. The van der Waals surface area contributed by atoms with E-state index in [-0.39, 0.29) is 5.95 Å². The molecule has 3 N–H and O–H groups in total. The van der Waals surface area contributed by atoms with Crippen molar-refractivity contribution in [1.29, 1.82) is 0 Å². The van der Waals surface area contributed by atoms with Gasteiger partial charge in [-0.15, -0.1) is 5.10 Å². The lowest BCUT2D eigenvalue weighted by atomic mass is 10.1. The molecule has 0 aliphatic carbocycles. The maximum absolute atomic E-state index is 5.77. The zero-order chi connectivity index (χ0) is 16.4. The van der Waals surface area contributed by atoms with Crippen LogP contribution in [0.3, 0.4) is 0 Å². The molecule has 2 aromatic heterocycles. The first kappa shape index (κ1) is 15.3. The minimum Gasteiger partial charge on any atom is -0.368 e. The Labute approximate surface area is 144 Å². The van der Waals surface area contributed by atoms with Crippen molar-refractivity contribution in [1.82, 2.24) is 30.3 Å². The Hall–Kier alpha value is -2.19. The van der Waals surface area contributed by atoms with E-state index in [9.17, 15) is 0 Å². The van der Waals surface area contributed by atoms with Gasteiger partial charge in [-0.05, 0) is 37.1 Å². The van der Waals surface area contributed by atoms with Crippen LogP contribution in [0.25, 0.3) is 11.2 Å². The molecule has 4 rings (SSSR count). The van der Waals surface area contributed by atoms with Gasteiger partial charge in [0, 0.05) is 12.3 Å². The summed E-state index contributed by atoms with van der Waals surface area (Å²) >= 11 is 1.62. The van der Waals surface area contributed by atoms with Crippen molar-refractivity contribution in [2.75, 3.05) is 18.8 Å². The molecule has 124 valence electrons. The maximum Gasteiger partial charge on any atom is 0.223 e. The highest BCUT2D eigenvalue weighted by molar-refractivity contribution is 7.98. The largest absolute Gasteiger partial charge is 0.368 e. The molecule has 0 bridgehead atoms. The number of nitrogens with two attached hydrogens (primary N) is 1. The number of aromatic nitrogens is 5. The lowest BCUT2D eigenvalue weighted by Gasteiger charge is -2.17. The fraction of sp³-hybridized carbons (Fsp3) is 0.375. The van der Waals surface area contributed by atoms with Gasteiger partial charge in [0.15, 0.2) is 5.52 Å². The molecule has 1 aliphatic heterocycles. The first-order valence-electron chi connectivity index (χ1n) is 8.05. The summed E-state index contributed by atoms with van der Waals surface area (Å²) in [5.74, 6) is 1.05. The number of nitrogen functional groups attached to an aromatic ring is 1. The maximum atomic E-state index is 5.77. The fourth-order valence-electron chi connectivity index (χ4n) is 3.02. The predicted molar refractivity (Wildman–Crippen MR) is 94.4 cm³/mol. The number of rotatable bonds is 5. The Bertz CT molecular complexity index is 841. The van der Waals surface area contributed by atoms with Crippen molar-refractivity contribution in [3.05, 3.63) is 35.4 Å². The average molecular weight is 341 g/mol. The quantitative estimate of drug-likeness (QED) is 0.542. The highest BCUT2D eigenvalue weighted by Crippen LogP contribution is 2.28. The van der Waals surface area contributed by atoms with Crippen LogP contribution in [-0.2, 0) is 12.3 Å². The van der Waals surface area contributed by atoms with E-state index in [4.69, 9.17) is 5.73 Å². The number of anilines is 1. The number of fused-ring (bicyclic) bond motifs is 1. The topological polar surface area (TPSA) is 96.6 Å². The summed E-state index contributed by atoms with van der Waals surface area (Å²) in [5.41, 5.74) is 9.65. The fourth-order valence-corrected chi connectivity index (χ4v) is 4.02. The second-order valence-electron chi connectivity index (χ2n) is 5.92. The van der Waals surface area contributed by atoms with Gasteiger partial charge in [0.1, 0.15) is 5.03 Å². The number of aromatic amines is 1. The monoisotopic (exact) mass is 341 g/mol. The van der Waals surface area contributed by atoms with E-state index in [1.165, 1.54) is 37.1 Å². The second-order valence-corrected chi connectivity index (χ2v) is 6.89. The average Bonchev–Trinajstić information content (AvgIpc) is 3.25. The van der Waals surface area contributed by atoms with E-state index in [0.29, 0.717) is 11.2 Å². The van der Waals surface area contributed by atoms with Crippen LogP contribution in [0.15, 0.2) is 29.3 Å². The van der Waals surface area contributed by atoms with Crippen molar-refractivity contribution in [2.24, 2.45) is 0 Å². The highest BCUT2D eigenvalue weighted by atomic mass is 32.2. The Morgan fingerprint density at radius 2 is 1.88 bits per heavy atom. The van der Waals surface area contributed by atoms with Gasteiger partial charge >= 0.3 is 0 Å². The van der Waals surface area contributed by atoms with Crippen LogP contribution in [0.4, 0.5) is 5.95 Å². The van der Waals surface area contributed by atoms with Gasteiger partial charge in [0.25, 0.3) is 0 Å². The molecule has 1 saturated heterocycles. The Morgan fingerprint density at radius 3 is 2.71 bits per heavy atom. The molecular formula is C16H19N7S. The van der Waals surface area contributed by atoms with Crippen LogP contribution >= 0.6 is 11.8 Å². The van der Waals surface area contributed by atoms with Gasteiger partial charge in [-0.3, -0.25) is 4.90 Å². The summed E-state index contributed by atoms with van der Waals surface area (Å²) in [6.45, 7) is 3.41. The number of nitrogens with one attached hydrogen (secondary N) is 1. The van der Waals surface area contributed by atoms with Gasteiger partial charge in [-0.25, -0.2) is 4.98 Å². The zero-order valence-corrected chi connectivity index (χ0v) is 14.1. The van der Waals surface area contributed by atoms with E-state index in [0.717, 1.165) is 17.3 Å². The lowest BCUT2D eigenvalue weighted by molar-refractivity contribution is 0.330. The number of H-pyrrole nitrogens is 1. The number of likely N-dealkylation sites (tertiary alicyclic amines) is 1. The SMILES string of the molecule is Nc1nc(SCc2ccccc2CN2CCCC2)c2n[nH]nc2n1. The van der Waals surface area contributed by atoms with Crippen LogP contribution in [0.2, 0.25) is 0 Å². The molecule has 7 nitrogen and oxygen atoms in total. The molecule has 1 aromatic carbocycles. The van der Waals surface area contributed by atoms with E-state index in [1.54, 1.807) is 11.8 Å². The molecule has 1 fully saturated rings. The molecule has 3 heterocycles. The summed E-state index contributed by atoms with van der Waals surface area (Å²) in [5, 5.41) is 11.5. The predicted octanol–water partition coefficient (Wildman–Crippen LogP) is 2.22. The molecule has 3 aromatic rings. The number of hydrogen-bond acceptors (Lipinski definition) is 7. The van der Waals surface area contributed by atoms with Crippen LogP contribution in [0.5, 0.6) is 0 Å². The van der Waals surface area contributed by atoms with Crippen molar-refractivity contribution >= 4 is 28.9 Å². The molecule has 0 saturated carbocycles. The third-order valence-corrected chi connectivity index (χ3v) is 5.26. The molecule has 0 radical (unpaired) electrons. The first-order valence-corrected chi connectivity index (χ1v) is 9.04. The van der Waals surface area contributed by atoms with Gasteiger partial charge in [0.05, 0.1) is 0 Å². The molecule has 0 atom stereocenters. The number of hydrogen-bond donors (Lipinski definition) is 2. The van der Waals surface area contributed by atoms with Crippen LogP contribution < -0.4 is 5.73 Å². The zero-order valence-electron chi connectivity index (χ0n) is 13.3. The lowest BCUT2D eigenvalue weighted by Crippen LogP contribution is -2.19. The highest BCUT2D eigenvalue weighted by Gasteiger charge is 2.15. The standard InChI is InChI=1S/C16H19N7S/c17-16-18-14-13(20-22-21-14)15(19-16)24-10-12-6-2-1-5-11(12)9-23-7-3-4-8-23/h1-2,5-6H,3-4,7-10H2,(H3,17,18,19,20,21,22). The van der Waals surface area contributed by atoms with Gasteiger partial charge in [0.2, 0.25) is 11.6 Å². The third kappa shape index (κ3) is 3.20. The number of benzene rings is 1. The number of thioether (sulfide) groups is 1. The Morgan fingerprint density at radius 1 is 1.08 bits per heavy atom. The molecule has 1 aliphatic rings. The Balaban J connectivity index is 1.54. The van der Waals surface area contributed by atoms with Crippen LogP contribution in [0, 0.1) is 0 Å². The smallest absolute Gasteiger partial charge is 0.223 e. The molecule has 0 unspecified atom stereocenters. The summed E-state index contributed by atoms with van der Waals surface area (Å²) < 4.78 is 0. The molecule has 0 amide bonds. The molecule has 8 heteroatoms. The molecule has 0 spiro atoms. The van der Waals surface area contributed by atoms with Crippen LogP contribution in [0.1, 0.15) is 24.0 Å². The molecule has 24 heavy (non-hydrogen) atoms. The van der Waals surface area contributed by atoms with Crippen molar-refractivity contribution < 1.29 is 0 Å². The second kappa shape index (κ2) is 6.74. The van der Waals surface area contributed by atoms with Crippen LogP contribution in [-0.4, -0.2) is 43.4 Å². The van der Waals surface area contributed by atoms with E-state index in [2.05, 4.69) is 54.5 Å².